The molecule has 0 bridgehead atoms. The Morgan fingerprint density at radius 2 is 2.15 bits per heavy atom. The van der Waals surface area contributed by atoms with E-state index in [9.17, 15) is 9.90 Å². The SMILES string of the molecule is CC(C)Cn1ccc2c(Nc3ncc(C4CC4)cc3C(=O)O)cccc21. The number of anilines is 2. The molecule has 0 aliphatic heterocycles. The van der Waals surface area contributed by atoms with Gasteiger partial charge in [0.1, 0.15) is 11.4 Å². The number of benzene rings is 1. The highest BCUT2D eigenvalue weighted by Crippen LogP contribution is 2.40. The van der Waals surface area contributed by atoms with Gasteiger partial charge in [0.25, 0.3) is 0 Å². The van der Waals surface area contributed by atoms with Gasteiger partial charge in [0.2, 0.25) is 0 Å². The van der Waals surface area contributed by atoms with Crippen LogP contribution in [0.15, 0.2) is 42.7 Å². The van der Waals surface area contributed by atoms with Crippen LogP contribution < -0.4 is 5.32 Å². The first-order chi connectivity index (χ1) is 12.5. The van der Waals surface area contributed by atoms with E-state index in [1.54, 1.807) is 12.3 Å². The van der Waals surface area contributed by atoms with Crippen LogP contribution in [0.25, 0.3) is 10.9 Å². The number of aromatic nitrogens is 2. The van der Waals surface area contributed by atoms with E-state index < -0.39 is 5.97 Å². The molecule has 2 aromatic heterocycles. The zero-order valence-corrected chi connectivity index (χ0v) is 15.1. The summed E-state index contributed by atoms with van der Waals surface area (Å²) in [6.07, 6.45) is 6.13. The second-order valence-corrected chi connectivity index (χ2v) is 7.47. The van der Waals surface area contributed by atoms with Crippen molar-refractivity contribution in [3.63, 3.8) is 0 Å². The number of carboxylic acids is 1. The maximum Gasteiger partial charge on any atom is 0.339 e. The molecule has 134 valence electrons. The van der Waals surface area contributed by atoms with Gasteiger partial charge in [0.05, 0.1) is 5.52 Å². The molecular formula is C21H23N3O2. The van der Waals surface area contributed by atoms with Gasteiger partial charge in [-0.15, -0.1) is 0 Å². The molecular weight excluding hydrogens is 326 g/mol. The minimum absolute atomic E-state index is 0.230. The second-order valence-electron chi connectivity index (χ2n) is 7.47. The van der Waals surface area contributed by atoms with E-state index in [1.807, 2.05) is 12.1 Å². The van der Waals surface area contributed by atoms with Gasteiger partial charge in [0, 0.05) is 30.0 Å². The Morgan fingerprint density at radius 3 is 2.85 bits per heavy atom. The normalized spacial score (nSPS) is 14.1. The summed E-state index contributed by atoms with van der Waals surface area (Å²) < 4.78 is 2.23. The predicted molar refractivity (Wildman–Crippen MR) is 103 cm³/mol. The molecule has 0 unspecified atom stereocenters. The molecule has 4 rings (SSSR count). The number of pyridine rings is 1. The number of nitrogens with one attached hydrogen (secondary N) is 1. The van der Waals surface area contributed by atoms with Crippen LogP contribution in [-0.2, 0) is 6.54 Å². The molecule has 0 radical (unpaired) electrons. The van der Waals surface area contributed by atoms with Gasteiger partial charge >= 0.3 is 5.97 Å². The first-order valence-corrected chi connectivity index (χ1v) is 9.11. The summed E-state index contributed by atoms with van der Waals surface area (Å²) in [6, 6.07) is 9.87. The lowest BCUT2D eigenvalue weighted by Gasteiger charge is -2.12. The highest BCUT2D eigenvalue weighted by atomic mass is 16.4. The Labute approximate surface area is 152 Å². The quantitative estimate of drug-likeness (QED) is 0.656. The first kappa shape index (κ1) is 16.6. The molecule has 5 heteroatoms. The molecule has 0 atom stereocenters. The van der Waals surface area contributed by atoms with Gasteiger partial charge in [-0.25, -0.2) is 9.78 Å². The van der Waals surface area contributed by atoms with Crippen molar-refractivity contribution in [3.8, 4) is 0 Å². The molecule has 1 saturated carbocycles. The van der Waals surface area contributed by atoms with Crippen molar-refractivity contribution in [2.24, 2.45) is 5.92 Å². The van der Waals surface area contributed by atoms with Crippen molar-refractivity contribution in [2.45, 2.75) is 39.2 Å². The molecule has 5 nitrogen and oxygen atoms in total. The standard InChI is InChI=1S/C21H23N3O2/c1-13(2)12-24-9-8-16-18(4-3-5-19(16)24)23-20-17(21(25)26)10-15(11-22-20)14-6-7-14/h3-5,8-11,13-14H,6-7,12H2,1-2H3,(H,22,23)(H,25,26). The number of hydrogen-bond donors (Lipinski definition) is 2. The number of hydrogen-bond acceptors (Lipinski definition) is 3. The van der Waals surface area contributed by atoms with Crippen molar-refractivity contribution >= 4 is 28.4 Å². The molecule has 0 saturated heterocycles. The summed E-state index contributed by atoms with van der Waals surface area (Å²) in [5, 5.41) is 13.9. The van der Waals surface area contributed by atoms with Crippen LogP contribution in [0, 0.1) is 5.92 Å². The lowest BCUT2D eigenvalue weighted by atomic mass is 10.1. The number of fused-ring (bicyclic) bond motifs is 1. The third-order valence-electron chi connectivity index (χ3n) is 4.82. The van der Waals surface area contributed by atoms with E-state index in [1.165, 1.54) is 0 Å². The maximum absolute atomic E-state index is 11.7. The maximum atomic E-state index is 11.7. The fraction of sp³-hybridized carbons (Fsp3) is 0.333. The molecule has 1 aliphatic rings. The van der Waals surface area contributed by atoms with Crippen molar-refractivity contribution in [2.75, 3.05) is 5.32 Å². The van der Waals surface area contributed by atoms with Crippen LogP contribution in [0.3, 0.4) is 0 Å². The molecule has 3 aromatic rings. The zero-order valence-electron chi connectivity index (χ0n) is 15.1. The minimum Gasteiger partial charge on any atom is -0.478 e. The van der Waals surface area contributed by atoms with Crippen LogP contribution in [0.2, 0.25) is 0 Å². The van der Waals surface area contributed by atoms with E-state index in [4.69, 9.17) is 0 Å². The summed E-state index contributed by atoms with van der Waals surface area (Å²) in [7, 11) is 0. The van der Waals surface area contributed by atoms with Gasteiger partial charge in [-0.2, -0.15) is 0 Å². The van der Waals surface area contributed by atoms with Crippen LogP contribution >= 0.6 is 0 Å². The number of nitrogens with zero attached hydrogens (tertiary/aromatic N) is 2. The minimum atomic E-state index is -0.952. The average Bonchev–Trinajstić information content (AvgIpc) is 3.37. The Bertz CT molecular complexity index is 971. The monoisotopic (exact) mass is 349 g/mol. The van der Waals surface area contributed by atoms with Gasteiger partial charge in [-0.05, 0) is 54.5 Å². The van der Waals surface area contributed by atoms with Gasteiger partial charge in [-0.1, -0.05) is 19.9 Å². The summed E-state index contributed by atoms with van der Waals surface area (Å²) in [5.41, 5.74) is 3.26. The number of aromatic carboxylic acids is 1. The molecule has 2 N–H and O–H groups in total. The highest BCUT2D eigenvalue weighted by molar-refractivity contribution is 5.98. The topological polar surface area (TPSA) is 67.2 Å². The smallest absolute Gasteiger partial charge is 0.339 e. The largest absolute Gasteiger partial charge is 0.478 e. The summed E-state index contributed by atoms with van der Waals surface area (Å²) in [6.45, 7) is 5.33. The summed E-state index contributed by atoms with van der Waals surface area (Å²) in [5.74, 6) is 0.471. The van der Waals surface area contributed by atoms with Crippen LogP contribution in [0.4, 0.5) is 11.5 Å². The van der Waals surface area contributed by atoms with E-state index in [-0.39, 0.29) is 5.56 Å². The Kier molecular flexibility index (Phi) is 4.15. The molecule has 26 heavy (non-hydrogen) atoms. The van der Waals surface area contributed by atoms with Crippen molar-refractivity contribution in [3.05, 3.63) is 53.9 Å². The molecule has 1 aromatic carbocycles. The first-order valence-electron chi connectivity index (χ1n) is 9.11. The van der Waals surface area contributed by atoms with Gasteiger partial charge < -0.3 is 15.0 Å². The van der Waals surface area contributed by atoms with Gasteiger partial charge in [0.15, 0.2) is 0 Å². The molecule has 0 amide bonds. The third-order valence-corrected chi connectivity index (χ3v) is 4.82. The third kappa shape index (κ3) is 3.17. The lowest BCUT2D eigenvalue weighted by Crippen LogP contribution is -2.06. The molecule has 2 heterocycles. The zero-order chi connectivity index (χ0) is 18.3. The highest BCUT2D eigenvalue weighted by Gasteiger charge is 2.26. The fourth-order valence-corrected chi connectivity index (χ4v) is 3.40. The van der Waals surface area contributed by atoms with Gasteiger partial charge in [-0.3, -0.25) is 0 Å². The summed E-state index contributed by atoms with van der Waals surface area (Å²) in [4.78, 5) is 16.1. The van der Waals surface area contributed by atoms with Crippen molar-refractivity contribution in [1.29, 1.82) is 0 Å². The lowest BCUT2D eigenvalue weighted by molar-refractivity contribution is 0.0697. The predicted octanol–water partition coefficient (Wildman–Crippen LogP) is 5.01. The van der Waals surface area contributed by atoms with E-state index in [0.29, 0.717) is 17.7 Å². The fourth-order valence-electron chi connectivity index (χ4n) is 3.40. The second kappa shape index (κ2) is 6.48. The van der Waals surface area contributed by atoms with Crippen molar-refractivity contribution < 1.29 is 9.90 Å². The average molecular weight is 349 g/mol. The Morgan fingerprint density at radius 1 is 1.35 bits per heavy atom. The molecule has 0 spiro atoms. The Hall–Kier alpha value is -2.82. The molecule has 1 fully saturated rings. The van der Waals surface area contributed by atoms with Crippen LogP contribution in [0.1, 0.15) is 48.5 Å². The van der Waals surface area contributed by atoms with Crippen LogP contribution in [0.5, 0.6) is 0 Å². The van der Waals surface area contributed by atoms with Crippen molar-refractivity contribution in [1.82, 2.24) is 9.55 Å². The van der Waals surface area contributed by atoms with E-state index in [2.05, 4.69) is 47.0 Å². The number of carboxylic acid groups (broad SMARTS) is 1. The number of carbonyl (C=O) groups is 1. The number of rotatable bonds is 6. The Balaban J connectivity index is 1.71. The molecule has 1 aliphatic carbocycles. The summed E-state index contributed by atoms with van der Waals surface area (Å²) >= 11 is 0. The van der Waals surface area contributed by atoms with E-state index in [0.717, 1.165) is 41.5 Å². The van der Waals surface area contributed by atoms with E-state index >= 15 is 0 Å². The van der Waals surface area contributed by atoms with Crippen LogP contribution in [-0.4, -0.2) is 20.6 Å².